The van der Waals surface area contributed by atoms with E-state index in [2.05, 4.69) is 0 Å². The molecule has 1 saturated carbocycles. The van der Waals surface area contributed by atoms with Crippen LogP contribution in [-0.4, -0.2) is 42.8 Å². The molecule has 5 nitrogen and oxygen atoms in total. The summed E-state index contributed by atoms with van der Waals surface area (Å²) in [5.41, 5.74) is -0.477. The van der Waals surface area contributed by atoms with Crippen LogP contribution in [0.5, 0.6) is 0 Å². The number of methoxy groups -OCH3 is 1. The Bertz CT molecular complexity index is 352. The zero-order valence-electron chi connectivity index (χ0n) is 10.8. The van der Waals surface area contributed by atoms with Gasteiger partial charge in [-0.1, -0.05) is 0 Å². The molecule has 2 fully saturated rings. The summed E-state index contributed by atoms with van der Waals surface area (Å²) in [6, 6.07) is 0. The first kappa shape index (κ1) is 12.2. The summed E-state index contributed by atoms with van der Waals surface area (Å²) in [5, 5.41) is 0. The van der Waals surface area contributed by atoms with Crippen LogP contribution >= 0.6 is 0 Å². The minimum absolute atomic E-state index is 0.00992. The van der Waals surface area contributed by atoms with E-state index in [1.807, 2.05) is 20.8 Å². The van der Waals surface area contributed by atoms with Gasteiger partial charge in [-0.25, -0.2) is 4.79 Å². The highest BCUT2D eigenvalue weighted by atomic mass is 16.6. The highest BCUT2D eigenvalue weighted by Gasteiger charge is 2.66. The molecule has 1 unspecified atom stereocenters. The molecule has 17 heavy (non-hydrogen) atoms. The number of ether oxygens (including phenoxy) is 2. The first-order chi connectivity index (χ1) is 7.77. The molecule has 96 valence electrons. The topological polar surface area (TPSA) is 55.8 Å². The molecular formula is C12H19NO4. The van der Waals surface area contributed by atoms with E-state index in [-0.39, 0.29) is 23.4 Å². The van der Waals surface area contributed by atoms with E-state index < -0.39 is 5.60 Å². The Morgan fingerprint density at radius 2 is 1.88 bits per heavy atom. The summed E-state index contributed by atoms with van der Waals surface area (Å²) >= 11 is 0. The summed E-state index contributed by atoms with van der Waals surface area (Å²) in [4.78, 5) is 24.7. The molecule has 1 heterocycles. The predicted molar refractivity (Wildman–Crippen MR) is 60.4 cm³/mol. The van der Waals surface area contributed by atoms with E-state index in [1.165, 1.54) is 7.11 Å². The van der Waals surface area contributed by atoms with E-state index in [0.29, 0.717) is 13.1 Å². The smallest absolute Gasteiger partial charge is 0.410 e. The second-order valence-corrected chi connectivity index (χ2v) is 5.98. The van der Waals surface area contributed by atoms with Crippen LogP contribution in [0.1, 0.15) is 27.2 Å². The fourth-order valence-corrected chi connectivity index (χ4v) is 2.34. The van der Waals surface area contributed by atoms with Crippen molar-refractivity contribution in [3.63, 3.8) is 0 Å². The molecule has 0 aromatic heterocycles. The number of carbonyl (C=O) groups is 2. The summed E-state index contributed by atoms with van der Waals surface area (Å²) in [6.07, 6.45) is 0.539. The van der Waals surface area contributed by atoms with Crippen molar-refractivity contribution in [2.45, 2.75) is 32.8 Å². The van der Waals surface area contributed by atoms with Crippen molar-refractivity contribution < 1.29 is 19.1 Å². The second kappa shape index (κ2) is 3.62. The van der Waals surface area contributed by atoms with Gasteiger partial charge in [0.05, 0.1) is 13.0 Å². The molecule has 0 aromatic carbocycles. The standard InChI is InChI=1S/C12H19NO4/c1-11(2,3)17-10(15)13-6-12(7-13)5-8(12)9(14)16-4/h8H,5-7H2,1-4H3. The monoisotopic (exact) mass is 241 g/mol. The fraction of sp³-hybridized carbons (Fsp3) is 0.833. The number of rotatable bonds is 1. The van der Waals surface area contributed by atoms with Crippen molar-refractivity contribution in [1.29, 1.82) is 0 Å². The molecule has 5 heteroatoms. The largest absolute Gasteiger partial charge is 0.469 e. The van der Waals surface area contributed by atoms with Gasteiger partial charge in [0.25, 0.3) is 0 Å². The molecule has 1 saturated heterocycles. The van der Waals surface area contributed by atoms with Crippen LogP contribution in [0, 0.1) is 11.3 Å². The quantitative estimate of drug-likeness (QED) is 0.651. The minimum atomic E-state index is -0.467. The molecule has 0 radical (unpaired) electrons. The molecule has 1 aliphatic carbocycles. The number of carbonyl (C=O) groups excluding carboxylic acids is 2. The van der Waals surface area contributed by atoms with Gasteiger partial charge in [0.2, 0.25) is 0 Å². The Hall–Kier alpha value is -1.26. The van der Waals surface area contributed by atoms with E-state index in [1.54, 1.807) is 4.90 Å². The minimum Gasteiger partial charge on any atom is -0.469 e. The summed E-state index contributed by atoms with van der Waals surface area (Å²) in [5.74, 6) is -0.181. The number of esters is 1. The number of hydrogen-bond acceptors (Lipinski definition) is 4. The number of amides is 1. The van der Waals surface area contributed by atoms with Crippen molar-refractivity contribution in [2.24, 2.45) is 11.3 Å². The van der Waals surface area contributed by atoms with Gasteiger partial charge in [0, 0.05) is 18.5 Å². The number of likely N-dealkylation sites (tertiary alicyclic amines) is 1. The highest BCUT2D eigenvalue weighted by molar-refractivity contribution is 5.79. The van der Waals surface area contributed by atoms with Crippen LogP contribution in [0.25, 0.3) is 0 Å². The van der Waals surface area contributed by atoms with Gasteiger partial charge in [-0.05, 0) is 27.2 Å². The Morgan fingerprint density at radius 1 is 1.29 bits per heavy atom. The molecule has 0 N–H and O–H groups in total. The average molecular weight is 241 g/mol. The molecule has 1 atom stereocenters. The maximum Gasteiger partial charge on any atom is 0.410 e. The van der Waals surface area contributed by atoms with Crippen LogP contribution in [0.3, 0.4) is 0 Å². The zero-order chi connectivity index (χ0) is 12.8. The van der Waals surface area contributed by atoms with Crippen molar-refractivity contribution in [2.75, 3.05) is 20.2 Å². The molecule has 0 bridgehead atoms. The van der Waals surface area contributed by atoms with Gasteiger partial charge >= 0.3 is 12.1 Å². The van der Waals surface area contributed by atoms with Crippen LogP contribution < -0.4 is 0 Å². The molecule has 1 amide bonds. The van der Waals surface area contributed by atoms with Gasteiger partial charge in [0.1, 0.15) is 5.60 Å². The molecular weight excluding hydrogens is 222 g/mol. The van der Waals surface area contributed by atoms with Crippen LogP contribution in [0.15, 0.2) is 0 Å². The molecule has 1 aliphatic heterocycles. The predicted octanol–water partition coefficient (Wildman–Crippen LogP) is 1.42. The molecule has 0 aromatic rings. The van der Waals surface area contributed by atoms with E-state index in [9.17, 15) is 9.59 Å². The highest BCUT2D eigenvalue weighted by Crippen LogP contribution is 2.59. The number of hydrogen-bond donors (Lipinski definition) is 0. The van der Waals surface area contributed by atoms with Crippen LogP contribution in [-0.2, 0) is 14.3 Å². The maximum absolute atomic E-state index is 11.7. The Labute approximate surface area is 101 Å². The number of nitrogens with zero attached hydrogens (tertiary/aromatic N) is 1. The Morgan fingerprint density at radius 3 is 2.35 bits per heavy atom. The van der Waals surface area contributed by atoms with E-state index in [0.717, 1.165) is 6.42 Å². The van der Waals surface area contributed by atoms with Crippen LogP contribution in [0.2, 0.25) is 0 Å². The Kier molecular flexibility index (Phi) is 2.60. The summed E-state index contributed by atoms with van der Waals surface area (Å²) in [7, 11) is 1.40. The normalized spacial score (nSPS) is 25.2. The van der Waals surface area contributed by atoms with Gasteiger partial charge in [0.15, 0.2) is 0 Å². The van der Waals surface area contributed by atoms with Crippen molar-refractivity contribution in [3.05, 3.63) is 0 Å². The van der Waals surface area contributed by atoms with Crippen LogP contribution in [0.4, 0.5) is 4.79 Å². The van der Waals surface area contributed by atoms with Crippen molar-refractivity contribution >= 4 is 12.1 Å². The molecule has 2 aliphatic rings. The summed E-state index contributed by atoms with van der Waals surface area (Å²) < 4.78 is 9.96. The summed E-state index contributed by atoms with van der Waals surface area (Å²) in [6.45, 7) is 6.75. The van der Waals surface area contributed by atoms with Gasteiger partial charge < -0.3 is 14.4 Å². The third-order valence-electron chi connectivity index (χ3n) is 3.34. The fourth-order valence-electron chi connectivity index (χ4n) is 2.34. The Balaban J connectivity index is 1.81. The molecule has 2 rings (SSSR count). The zero-order valence-corrected chi connectivity index (χ0v) is 10.8. The average Bonchev–Trinajstić information content (AvgIpc) is 2.86. The first-order valence-electron chi connectivity index (χ1n) is 5.83. The lowest BCUT2D eigenvalue weighted by atomic mass is 9.94. The van der Waals surface area contributed by atoms with Gasteiger partial charge in [-0.2, -0.15) is 0 Å². The third kappa shape index (κ3) is 2.23. The second-order valence-electron chi connectivity index (χ2n) is 5.98. The van der Waals surface area contributed by atoms with Crippen molar-refractivity contribution in [1.82, 2.24) is 4.90 Å². The van der Waals surface area contributed by atoms with Gasteiger partial charge in [-0.3, -0.25) is 4.79 Å². The lowest BCUT2D eigenvalue weighted by molar-refractivity contribution is -0.144. The van der Waals surface area contributed by atoms with Gasteiger partial charge in [-0.15, -0.1) is 0 Å². The maximum atomic E-state index is 11.7. The van der Waals surface area contributed by atoms with E-state index >= 15 is 0 Å². The third-order valence-corrected chi connectivity index (χ3v) is 3.34. The van der Waals surface area contributed by atoms with E-state index in [4.69, 9.17) is 9.47 Å². The molecule has 1 spiro atoms. The SMILES string of the molecule is COC(=O)C1CC12CN(C(=O)OC(C)(C)C)C2. The lowest BCUT2D eigenvalue weighted by Gasteiger charge is -2.40. The first-order valence-corrected chi connectivity index (χ1v) is 5.83. The van der Waals surface area contributed by atoms with Crippen molar-refractivity contribution in [3.8, 4) is 0 Å². The lowest BCUT2D eigenvalue weighted by Crippen LogP contribution is -2.54.